The summed E-state index contributed by atoms with van der Waals surface area (Å²) < 4.78 is 1.61. The molecule has 0 radical (unpaired) electrons. The van der Waals surface area contributed by atoms with Gasteiger partial charge in [-0.15, -0.1) is 0 Å². The predicted molar refractivity (Wildman–Crippen MR) is 54.9 cm³/mol. The molecule has 0 atom stereocenters. The Morgan fingerprint density at radius 2 is 2.27 bits per heavy atom. The van der Waals surface area contributed by atoms with Crippen molar-refractivity contribution < 1.29 is 9.90 Å². The second kappa shape index (κ2) is 3.66. The van der Waals surface area contributed by atoms with Crippen molar-refractivity contribution in [3.8, 4) is 0 Å². The average molecular weight is 209 g/mol. The van der Waals surface area contributed by atoms with Gasteiger partial charge in [-0.25, -0.2) is 4.79 Å². The first-order chi connectivity index (χ1) is 7.09. The van der Waals surface area contributed by atoms with E-state index in [4.69, 9.17) is 5.11 Å². The lowest BCUT2D eigenvalue weighted by molar-refractivity contribution is 0.0559. The molecule has 15 heavy (non-hydrogen) atoms. The van der Waals surface area contributed by atoms with E-state index in [1.165, 1.54) is 0 Å². The fourth-order valence-electron chi connectivity index (χ4n) is 1.84. The van der Waals surface area contributed by atoms with Crippen LogP contribution in [0.2, 0.25) is 0 Å². The van der Waals surface area contributed by atoms with Gasteiger partial charge in [0.15, 0.2) is 0 Å². The van der Waals surface area contributed by atoms with Crippen LogP contribution in [-0.2, 0) is 0 Å². The van der Waals surface area contributed by atoms with Crippen molar-refractivity contribution in [2.75, 3.05) is 13.1 Å². The van der Waals surface area contributed by atoms with Crippen LogP contribution in [0.5, 0.6) is 0 Å². The van der Waals surface area contributed by atoms with Crippen molar-refractivity contribution in [1.29, 1.82) is 0 Å². The van der Waals surface area contributed by atoms with Crippen molar-refractivity contribution in [2.24, 2.45) is 0 Å². The van der Waals surface area contributed by atoms with Gasteiger partial charge in [-0.3, -0.25) is 9.58 Å². The smallest absolute Gasteiger partial charge is 0.354 e. The molecule has 2 rings (SSSR count). The van der Waals surface area contributed by atoms with Gasteiger partial charge in [0.2, 0.25) is 0 Å². The van der Waals surface area contributed by atoms with Crippen molar-refractivity contribution in [2.45, 2.75) is 25.9 Å². The number of carbonyl (C=O) groups is 1. The van der Waals surface area contributed by atoms with Crippen LogP contribution in [0.3, 0.4) is 0 Å². The molecule has 82 valence electrons. The van der Waals surface area contributed by atoms with E-state index in [0.717, 1.165) is 13.1 Å². The topological polar surface area (TPSA) is 58.4 Å². The van der Waals surface area contributed by atoms with E-state index in [0.29, 0.717) is 6.04 Å². The number of hydrogen-bond acceptors (Lipinski definition) is 3. The third-order valence-electron chi connectivity index (χ3n) is 2.86. The molecular formula is C10H15N3O2. The minimum atomic E-state index is -0.907. The van der Waals surface area contributed by atoms with Crippen LogP contribution in [0.15, 0.2) is 12.3 Å². The number of carboxylic acid groups (broad SMARTS) is 1. The normalized spacial score (nSPS) is 18.1. The lowest BCUT2D eigenvalue weighted by Crippen LogP contribution is -2.51. The van der Waals surface area contributed by atoms with Crippen LogP contribution in [0.4, 0.5) is 0 Å². The first kappa shape index (κ1) is 10.2. The third kappa shape index (κ3) is 1.74. The largest absolute Gasteiger partial charge is 0.477 e. The van der Waals surface area contributed by atoms with Crippen LogP contribution in [0.1, 0.15) is 30.4 Å². The van der Waals surface area contributed by atoms with Crippen molar-refractivity contribution >= 4 is 5.97 Å². The van der Waals surface area contributed by atoms with Gasteiger partial charge in [-0.2, -0.15) is 5.10 Å². The SMILES string of the molecule is CC(C)N1CC(n2nccc2C(=O)O)C1. The number of rotatable bonds is 3. The molecule has 1 aromatic rings. The van der Waals surface area contributed by atoms with Crippen molar-refractivity contribution in [3.05, 3.63) is 18.0 Å². The molecule has 1 aliphatic rings. The minimum absolute atomic E-state index is 0.216. The standard InChI is InChI=1S/C10H15N3O2/c1-7(2)12-5-8(6-12)13-9(10(14)15)3-4-11-13/h3-4,7-8H,5-6H2,1-2H3,(H,14,15). The zero-order valence-electron chi connectivity index (χ0n) is 8.92. The van der Waals surface area contributed by atoms with Gasteiger partial charge in [0.25, 0.3) is 0 Å². The zero-order chi connectivity index (χ0) is 11.0. The lowest BCUT2D eigenvalue weighted by Gasteiger charge is -2.42. The van der Waals surface area contributed by atoms with Crippen molar-refractivity contribution in [3.63, 3.8) is 0 Å². The Bertz CT molecular complexity index is 366. The molecule has 1 saturated heterocycles. The predicted octanol–water partition coefficient (Wildman–Crippen LogP) is 0.846. The molecule has 1 N–H and O–H groups in total. The van der Waals surface area contributed by atoms with Crippen LogP contribution < -0.4 is 0 Å². The Kier molecular flexibility index (Phi) is 2.48. The number of likely N-dealkylation sites (tertiary alicyclic amines) is 1. The molecule has 5 nitrogen and oxygen atoms in total. The molecule has 0 amide bonds. The Labute approximate surface area is 88.3 Å². The molecule has 1 aromatic heterocycles. The fraction of sp³-hybridized carbons (Fsp3) is 0.600. The molecule has 0 aromatic carbocycles. The molecule has 0 unspecified atom stereocenters. The summed E-state index contributed by atoms with van der Waals surface area (Å²) in [6.45, 7) is 6.05. The van der Waals surface area contributed by atoms with Gasteiger partial charge < -0.3 is 5.11 Å². The average Bonchev–Trinajstić information content (AvgIpc) is 2.48. The summed E-state index contributed by atoms with van der Waals surface area (Å²) in [6.07, 6.45) is 1.54. The van der Waals surface area contributed by atoms with E-state index in [9.17, 15) is 4.79 Å². The molecule has 5 heteroatoms. The molecule has 0 saturated carbocycles. The van der Waals surface area contributed by atoms with Crippen LogP contribution in [0, 0.1) is 0 Å². The Hall–Kier alpha value is -1.36. The van der Waals surface area contributed by atoms with E-state index < -0.39 is 5.97 Å². The first-order valence-electron chi connectivity index (χ1n) is 5.10. The fourth-order valence-corrected chi connectivity index (χ4v) is 1.84. The first-order valence-corrected chi connectivity index (χ1v) is 5.10. The maximum Gasteiger partial charge on any atom is 0.354 e. The van der Waals surface area contributed by atoms with E-state index >= 15 is 0 Å². The maximum atomic E-state index is 10.9. The van der Waals surface area contributed by atoms with E-state index in [2.05, 4.69) is 23.8 Å². The number of nitrogens with zero attached hydrogens (tertiary/aromatic N) is 3. The lowest BCUT2D eigenvalue weighted by atomic mass is 10.1. The summed E-state index contributed by atoms with van der Waals surface area (Å²) in [5.74, 6) is -0.907. The number of carboxylic acids is 1. The zero-order valence-corrected chi connectivity index (χ0v) is 8.92. The number of aromatic carboxylic acids is 1. The molecule has 0 bridgehead atoms. The summed E-state index contributed by atoms with van der Waals surface area (Å²) in [4.78, 5) is 13.2. The molecular weight excluding hydrogens is 194 g/mol. The van der Waals surface area contributed by atoms with Gasteiger partial charge in [0.1, 0.15) is 5.69 Å². The second-order valence-corrected chi connectivity index (χ2v) is 4.17. The highest BCUT2D eigenvalue weighted by Gasteiger charge is 2.32. The van der Waals surface area contributed by atoms with Crippen LogP contribution in [0.25, 0.3) is 0 Å². The number of aromatic nitrogens is 2. The van der Waals surface area contributed by atoms with Gasteiger partial charge in [0.05, 0.1) is 6.04 Å². The summed E-state index contributed by atoms with van der Waals surface area (Å²) in [5.41, 5.74) is 0.281. The highest BCUT2D eigenvalue weighted by atomic mass is 16.4. The second-order valence-electron chi connectivity index (χ2n) is 4.17. The van der Waals surface area contributed by atoms with Crippen LogP contribution in [-0.4, -0.2) is 44.9 Å². The summed E-state index contributed by atoms with van der Waals surface area (Å²) in [7, 11) is 0. The molecule has 1 aliphatic heterocycles. The molecule has 0 aliphatic carbocycles. The highest BCUT2D eigenvalue weighted by Crippen LogP contribution is 2.23. The molecule has 1 fully saturated rings. The van der Waals surface area contributed by atoms with Crippen LogP contribution >= 0.6 is 0 Å². The van der Waals surface area contributed by atoms with Gasteiger partial charge in [-0.05, 0) is 19.9 Å². The van der Waals surface area contributed by atoms with E-state index in [1.807, 2.05) is 0 Å². The quantitative estimate of drug-likeness (QED) is 0.801. The summed E-state index contributed by atoms with van der Waals surface area (Å²) >= 11 is 0. The number of hydrogen-bond donors (Lipinski definition) is 1. The minimum Gasteiger partial charge on any atom is -0.477 e. The summed E-state index contributed by atoms with van der Waals surface area (Å²) in [6, 6.07) is 2.28. The molecule has 0 spiro atoms. The van der Waals surface area contributed by atoms with E-state index in [1.54, 1.807) is 16.9 Å². The summed E-state index contributed by atoms with van der Waals surface area (Å²) in [5, 5.41) is 13.0. The Balaban J connectivity index is 2.07. The van der Waals surface area contributed by atoms with Gasteiger partial charge in [-0.1, -0.05) is 0 Å². The van der Waals surface area contributed by atoms with E-state index in [-0.39, 0.29) is 11.7 Å². The van der Waals surface area contributed by atoms with Crippen molar-refractivity contribution in [1.82, 2.24) is 14.7 Å². The Morgan fingerprint density at radius 3 is 2.80 bits per heavy atom. The third-order valence-corrected chi connectivity index (χ3v) is 2.86. The monoisotopic (exact) mass is 209 g/mol. The highest BCUT2D eigenvalue weighted by molar-refractivity contribution is 5.85. The van der Waals surface area contributed by atoms with Gasteiger partial charge in [0, 0.05) is 25.3 Å². The molecule has 2 heterocycles. The Morgan fingerprint density at radius 1 is 1.60 bits per heavy atom. The maximum absolute atomic E-state index is 10.9. The van der Waals surface area contributed by atoms with Gasteiger partial charge >= 0.3 is 5.97 Å².